The molecule has 3 N–H and O–H groups in total. The van der Waals surface area contributed by atoms with Gasteiger partial charge in [-0.15, -0.1) is 0 Å². The molecule has 2 heterocycles. The number of hydrogen-bond donors (Lipinski definition) is 3. The molecule has 2 bridgehead atoms. The lowest BCUT2D eigenvalue weighted by Gasteiger charge is -2.57. The van der Waals surface area contributed by atoms with Gasteiger partial charge in [-0.05, 0) is 24.1 Å². The Morgan fingerprint density at radius 3 is 2.31 bits per heavy atom. The first-order chi connectivity index (χ1) is 16.4. The summed E-state index contributed by atoms with van der Waals surface area (Å²) in [7, 11) is 1.34. The van der Waals surface area contributed by atoms with Gasteiger partial charge < -0.3 is 29.9 Å². The summed E-state index contributed by atoms with van der Waals surface area (Å²) in [6.07, 6.45) is -0.793. The molecule has 2 aliphatic heterocycles. The van der Waals surface area contributed by atoms with E-state index >= 15 is 0 Å². The van der Waals surface area contributed by atoms with E-state index in [1.54, 1.807) is 0 Å². The molecule has 1 aromatic rings. The van der Waals surface area contributed by atoms with Crippen LogP contribution in [0.1, 0.15) is 43.5 Å². The van der Waals surface area contributed by atoms with Gasteiger partial charge in [-0.1, -0.05) is 43.5 Å². The Kier molecular flexibility index (Phi) is 7.98. The first-order valence-electron chi connectivity index (χ1n) is 10.9. The highest BCUT2D eigenvalue weighted by Crippen LogP contribution is 2.40. The zero-order valence-electron chi connectivity index (χ0n) is 19.3. The van der Waals surface area contributed by atoms with E-state index in [2.05, 4.69) is 16.0 Å². The van der Waals surface area contributed by atoms with Crippen LogP contribution in [-0.4, -0.2) is 61.5 Å². The average molecular weight is 529 g/mol. The first kappa shape index (κ1) is 26.8. The standard InChI is InChI=1S/C21H25BCl2N3O8/c1-11(2)6-15(27-16(28)10-26-19(31)13-7-12(23)4-5-14(13)24)22-33-17(29)8-21(35-22,20(32)25-3)9-18(30)34-22/h4-5,7,11,15H,6,8-10H2,1-3H3,(H,25,32)(H,26,31)(H,27,28)/q-1. The van der Waals surface area contributed by atoms with Gasteiger partial charge in [0.1, 0.15) is 5.60 Å². The number of benzene rings is 1. The maximum absolute atomic E-state index is 12.8. The van der Waals surface area contributed by atoms with Crippen molar-refractivity contribution in [2.75, 3.05) is 13.6 Å². The van der Waals surface area contributed by atoms with Crippen LogP contribution in [-0.2, 0) is 33.1 Å². The Morgan fingerprint density at radius 1 is 1.11 bits per heavy atom. The number of rotatable bonds is 8. The number of halogens is 2. The van der Waals surface area contributed by atoms with Gasteiger partial charge in [-0.25, -0.2) is 0 Å². The van der Waals surface area contributed by atoms with Crippen molar-refractivity contribution in [3.05, 3.63) is 33.8 Å². The molecular weight excluding hydrogens is 504 g/mol. The van der Waals surface area contributed by atoms with Gasteiger partial charge in [0.2, 0.25) is 11.8 Å². The molecule has 3 rings (SSSR count). The fourth-order valence-corrected chi connectivity index (χ4v) is 4.53. The van der Waals surface area contributed by atoms with Crippen LogP contribution in [0, 0.1) is 5.92 Å². The summed E-state index contributed by atoms with van der Waals surface area (Å²) in [4.78, 5) is 62.7. The van der Waals surface area contributed by atoms with E-state index in [0.717, 1.165) is 0 Å². The summed E-state index contributed by atoms with van der Waals surface area (Å²) in [6, 6.07) is 4.32. The number of fused-ring (bicyclic) bond motifs is 2. The normalized spacial score (nSPS) is 24.2. The third kappa shape index (κ3) is 5.88. The molecule has 2 saturated heterocycles. The second-order valence-electron chi connectivity index (χ2n) is 8.83. The van der Waals surface area contributed by atoms with Crippen molar-refractivity contribution in [1.29, 1.82) is 0 Å². The van der Waals surface area contributed by atoms with E-state index < -0.39 is 67.3 Å². The lowest BCUT2D eigenvalue weighted by atomic mass is 9.61. The Morgan fingerprint density at radius 2 is 1.74 bits per heavy atom. The molecule has 14 heteroatoms. The van der Waals surface area contributed by atoms with E-state index in [0.29, 0.717) is 0 Å². The van der Waals surface area contributed by atoms with Crippen molar-refractivity contribution in [3.8, 4) is 0 Å². The zero-order chi connectivity index (χ0) is 26.0. The van der Waals surface area contributed by atoms with Gasteiger partial charge in [0.25, 0.3) is 17.8 Å². The lowest BCUT2D eigenvalue weighted by molar-refractivity contribution is -0.186. The van der Waals surface area contributed by atoms with Crippen molar-refractivity contribution in [2.24, 2.45) is 5.92 Å². The van der Waals surface area contributed by atoms with Crippen LogP contribution in [0.2, 0.25) is 10.0 Å². The minimum Gasteiger partial charge on any atom is -0.632 e. The maximum atomic E-state index is 12.8. The van der Waals surface area contributed by atoms with Crippen LogP contribution in [0.3, 0.4) is 0 Å². The van der Waals surface area contributed by atoms with Crippen LogP contribution >= 0.6 is 23.2 Å². The van der Waals surface area contributed by atoms with E-state index in [-0.39, 0.29) is 27.9 Å². The van der Waals surface area contributed by atoms with Crippen molar-refractivity contribution >= 4 is 59.6 Å². The number of amides is 3. The largest absolute Gasteiger partial charge is 0.632 e. The fraction of sp³-hybridized carbons (Fsp3) is 0.476. The minimum atomic E-state index is -3.20. The molecule has 0 saturated carbocycles. The first-order valence-corrected chi connectivity index (χ1v) is 11.7. The SMILES string of the molecule is CNC(=O)C12CC(=O)O[B-](C(CC(C)C)NC(=O)CNC(=O)c3cc(Cl)ccc3Cl)(OC(=O)C1)O2. The Balaban J connectivity index is 1.80. The van der Waals surface area contributed by atoms with Crippen molar-refractivity contribution in [1.82, 2.24) is 16.0 Å². The Bertz CT molecular complexity index is 1050. The van der Waals surface area contributed by atoms with Crippen LogP contribution < -0.4 is 16.0 Å². The molecule has 1 atom stereocenters. The van der Waals surface area contributed by atoms with E-state index in [9.17, 15) is 24.0 Å². The van der Waals surface area contributed by atoms with Gasteiger partial charge in [0, 0.05) is 18.0 Å². The quantitative estimate of drug-likeness (QED) is 0.425. The van der Waals surface area contributed by atoms with Crippen LogP contribution in [0.15, 0.2) is 18.2 Å². The molecule has 0 aliphatic carbocycles. The molecule has 35 heavy (non-hydrogen) atoms. The van der Waals surface area contributed by atoms with Crippen LogP contribution in [0.4, 0.5) is 0 Å². The predicted molar refractivity (Wildman–Crippen MR) is 125 cm³/mol. The molecule has 0 spiro atoms. The summed E-state index contributed by atoms with van der Waals surface area (Å²) >= 11 is 11.9. The van der Waals surface area contributed by atoms with Gasteiger partial charge in [-0.2, -0.15) is 0 Å². The summed E-state index contributed by atoms with van der Waals surface area (Å²) in [5.74, 6) is -4.81. The Hall–Kier alpha value is -2.83. The molecule has 2 aliphatic rings. The molecular formula is C21H25BCl2N3O8-. The number of nitrogens with one attached hydrogen (secondary N) is 3. The number of carbonyl (C=O) groups excluding carboxylic acids is 5. The van der Waals surface area contributed by atoms with E-state index in [1.807, 2.05) is 13.8 Å². The van der Waals surface area contributed by atoms with Gasteiger partial charge >= 0.3 is 6.75 Å². The van der Waals surface area contributed by atoms with Crippen molar-refractivity contribution in [3.63, 3.8) is 0 Å². The average Bonchev–Trinajstić information content (AvgIpc) is 2.76. The summed E-state index contributed by atoms with van der Waals surface area (Å²) in [6.45, 7) is -0.0250. The number of carbonyl (C=O) groups is 5. The highest BCUT2D eigenvalue weighted by molar-refractivity contribution is 6.67. The van der Waals surface area contributed by atoms with Crippen molar-refractivity contribution in [2.45, 2.75) is 44.7 Å². The Labute approximate surface area is 211 Å². The number of likely N-dealkylation sites (N-methyl/N-ethyl adjacent to an activating group) is 1. The van der Waals surface area contributed by atoms with Crippen LogP contribution in [0.5, 0.6) is 0 Å². The maximum Gasteiger partial charge on any atom is 0.518 e. The lowest BCUT2D eigenvalue weighted by Crippen LogP contribution is -2.75. The summed E-state index contributed by atoms with van der Waals surface area (Å²) < 4.78 is 16.6. The second-order valence-corrected chi connectivity index (χ2v) is 9.68. The summed E-state index contributed by atoms with van der Waals surface area (Å²) in [5, 5.41) is 7.87. The van der Waals surface area contributed by atoms with E-state index in [4.69, 9.17) is 37.2 Å². The van der Waals surface area contributed by atoms with Gasteiger partial charge in [0.15, 0.2) is 0 Å². The third-order valence-corrected chi connectivity index (χ3v) is 6.19. The monoisotopic (exact) mass is 528 g/mol. The minimum absolute atomic E-state index is 0.0735. The highest BCUT2D eigenvalue weighted by Gasteiger charge is 2.61. The molecule has 190 valence electrons. The molecule has 0 radical (unpaired) electrons. The van der Waals surface area contributed by atoms with E-state index in [1.165, 1.54) is 25.2 Å². The van der Waals surface area contributed by atoms with Gasteiger partial charge in [0.05, 0.1) is 30.0 Å². The third-order valence-electron chi connectivity index (χ3n) is 5.63. The molecule has 2 fully saturated rings. The molecule has 3 amide bonds. The molecule has 11 nitrogen and oxygen atoms in total. The summed E-state index contributed by atoms with van der Waals surface area (Å²) in [5.41, 5.74) is -1.73. The number of hydrogen-bond acceptors (Lipinski definition) is 8. The van der Waals surface area contributed by atoms with Gasteiger partial charge in [-0.3, -0.25) is 24.0 Å². The molecule has 1 aromatic carbocycles. The molecule has 0 aromatic heterocycles. The topological polar surface area (TPSA) is 149 Å². The fourth-order valence-electron chi connectivity index (χ4n) is 4.16. The second kappa shape index (κ2) is 10.4. The smallest absolute Gasteiger partial charge is 0.518 e. The zero-order valence-corrected chi connectivity index (χ0v) is 20.8. The van der Waals surface area contributed by atoms with Crippen molar-refractivity contribution < 1.29 is 37.9 Å². The van der Waals surface area contributed by atoms with Crippen LogP contribution in [0.25, 0.3) is 0 Å². The highest BCUT2D eigenvalue weighted by atomic mass is 35.5. The predicted octanol–water partition coefficient (Wildman–Crippen LogP) is 1.13. The molecule has 1 unspecified atom stereocenters.